The van der Waals surface area contributed by atoms with Crippen LogP contribution in [0.15, 0.2) is 73.1 Å². The first-order valence-corrected chi connectivity index (χ1v) is 11.1. The molecule has 4 aromatic rings. The number of pyridine rings is 1. The Morgan fingerprint density at radius 1 is 1.09 bits per heavy atom. The Labute approximate surface area is 195 Å². The van der Waals surface area contributed by atoms with Crippen LogP contribution in [0, 0.1) is 0 Å². The van der Waals surface area contributed by atoms with Crippen LogP contribution in [0.3, 0.4) is 0 Å². The van der Waals surface area contributed by atoms with Crippen molar-refractivity contribution in [3.05, 3.63) is 101 Å². The molecule has 170 valence electrons. The van der Waals surface area contributed by atoms with Crippen molar-refractivity contribution in [2.45, 2.75) is 31.1 Å². The van der Waals surface area contributed by atoms with Crippen molar-refractivity contribution in [3.8, 4) is 5.75 Å². The zero-order chi connectivity index (χ0) is 23.8. The molecule has 6 rings (SSSR count). The first-order chi connectivity index (χ1) is 16.3. The number of aromatic nitrogens is 1. The van der Waals surface area contributed by atoms with Crippen LogP contribution >= 0.6 is 0 Å². The largest absolute Gasteiger partial charge is 0.454 e. The van der Waals surface area contributed by atoms with Gasteiger partial charge in [-0.25, -0.2) is 0 Å². The maximum Gasteiger partial charge on any atom is 0.271 e. The van der Waals surface area contributed by atoms with E-state index in [1.165, 1.54) is 0 Å². The molecule has 1 aliphatic carbocycles. The number of amides is 1. The Balaban J connectivity index is 1.55. The summed E-state index contributed by atoms with van der Waals surface area (Å²) in [5.74, 6) is -2.58. The summed E-state index contributed by atoms with van der Waals surface area (Å²) in [6.07, 6.45) is 3.51. The van der Waals surface area contributed by atoms with Crippen molar-refractivity contribution >= 4 is 22.9 Å². The van der Waals surface area contributed by atoms with Gasteiger partial charge in [0.25, 0.3) is 11.7 Å². The van der Waals surface area contributed by atoms with Crippen LogP contribution in [0.5, 0.6) is 5.75 Å². The third-order valence-electron chi connectivity index (χ3n) is 6.94. The molecule has 34 heavy (non-hydrogen) atoms. The maximum absolute atomic E-state index is 14.0. The quantitative estimate of drug-likeness (QED) is 0.410. The van der Waals surface area contributed by atoms with Crippen molar-refractivity contribution < 1.29 is 19.4 Å². The average molecular weight is 453 g/mol. The summed E-state index contributed by atoms with van der Waals surface area (Å²) in [6, 6.07) is 17.7. The van der Waals surface area contributed by atoms with E-state index in [1.54, 1.807) is 36.5 Å². The van der Waals surface area contributed by atoms with E-state index in [9.17, 15) is 14.7 Å². The number of ether oxygens (including phenoxy) is 1. The fourth-order valence-corrected chi connectivity index (χ4v) is 5.17. The number of Topliss-reactive ketones (excluding diaryl/α,β-unsaturated/α-hetero) is 1. The van der Waals surface area contributed by atoms with Gasteiger partial charge in [0.05, 0.1) is 11.1 Å². The lowest BCUT2D eigenvalue weighted by molar-refractivity contribution is -0.169. The molecule has 2 aromatic carbocycles. The van der Waals surface area contributed by atoms with E-state index in [-0.39, 0.29) is 22.7 Å². The molecule has 3 heterocycles. The number of fused-ring (bicyclic) bond motifs is 6. The summed E-state index contributed by atoms with van der Waals surface area (Å²) in [6.45, 7) is 4.09. The average Bonchev–Trinajstić information content (AvgIpc) is 3.41. The molecule has 0 saturated heterocycles. The SMILES string of the molecule is CC(C)c1ccc2c(c1)OC1(O)c3cccc(N)c3C(=O)C21NC(=O)c1cc2ccccn2c1. The number of carbonyl (C=O) groups excluding carboxylic acids is 2. The first-order valence-electron chi connectivity index (χ1n) is 11.1. The van der Waals surface area contributed by atoms with Crippen LogP contribution in [0.4, 0.5) is 5.69 Å². The van der Waals surface area contributed by atoms with Crippen LogP contribution in [0.2, 0.25) is 0 Å². The van der Waals surface area contributed by atoms with Crippen molar-refractivity contribution in [2.75, 3.05) is 5.73 Å². The minimum absolute atomic E-state index is 0.158. The molecule has 1 amide bonds. The van der Waals surface area contributed by atoms with Gasteiger partial charge in [0.1, 0.15) is 5.75 Å². The number of carbonyl (C=O) groups is 2. The number of benzene rings is 2. The summed E-state index contributed by atoms with van der Waals surface area (Å²) >= 11 is 0. The van der Waals surface area contributed by atoms with Gasteiger partial charge >= 0.3 is 0 Å². The summed E-state index contributed by atoms with van der Waals surface area (Å²) in [5.41, 5.74) is 7.47. The molecule has 0 saturated carbocycles. The molecule has 0 fully saturated rings. The predicted octanol–water partition coefficient (Wildman–Crippen LogP) is 3.70. The van der Waals surface area contributed by atoms with Crippen LogP contribution in [-0.4, -0.2) is 21.2 Å². The molecule has 2 unspecified atom stereocenters. The van der Waals surface area contributed by atoms with Gasteiger partial charge in [0, 0.05) is 34.7 Å². The highest BCUT2D eigenvalue weighted by Gasteiger charge is 2.72. The van der Waals surface area contributed by atoms with E-state index < -0.39 is 23.0 Å². The maximum atomic E-state index is 14.0. The van der Waals surface area contributed by atoms with E-state index in [0.717, 1.165) is 11.1 Å². The van der Waals surface area contributed by atoms with Crippen molar-refractivity contribution in [3.63, 3.8) is 0 Å². The number of hydrogen-bond donors (Lipinski definition) is 3. The Morgan fingerprint density at radius 3 is 2.68 bits per heavy atom. The fraction of sp³-hybridized carbons (Fsp3) is 0.185. The summed E-state index contributed by atoms with van der Waals surface area (Å²) in [5, 5.41) is 14.9. The zero-order valence-corrected chi connectivity index (χ0v) is 18.7. The molecule has 2 atom stereocenters. The molecule has 4 N–H and O–H groups in total. The lowest BCUT2D eigenvalue weighted by Crippen LogP contribution is -2.60. The third-order valence-corrected chi connectivity index (χ3v) is 6.94. The lowest BCUT2D eigenvalue weighted by Gasteiger charge is -2.34. The second-order valence-corrected chi connectivity index (χ2v) is 9.22. The van der Waals surface area contributed by atoms with Gasteiger partial charge in [-0.3, -0.25) is 9.59 Å². The molecule has 2 aliphatic rings. The molecule has 7 nitrogen and oxygen atoms in total. The fourth-order valence-electron chi connectivity index (χ4n) is 5.17. The topological polar surface area (TPSA) is 106 Å². The highest BCUT2D eigenvalue weighted by atomic mass is 16.6. The van der Waals surface area contributed by atoms with Crippen molar-refractivity contribution in [1.29, 1.82) is 0 Å². The smallest absolute Gasteiger partial charge is 0.271 e. The van der Waals surface area contributed by atoms with E-state index >= 15 is 0 Å². The number of anilines is 1. The van der Waals surface area contributed by atoms with Crippen molar-refractivity contribution in [2.24, 2.45) is 0 Å². The number of hydrogen-bond acceptors (Lipinski definition) is 5. The molecule has 1 aliphatic heterocycles. The van der Waals surface area contributed by atoms with Gasteiger partial charge in [-0.15, -0.1) is 0 Å². The summed E-state index contributed by atoms with van der Waals surface area (Å²) < 4.78 is 7.93. The standard InChI is InChI=1S/C27H23N3O4/c1-15(2)16-9-10-19-22(13-16)34-27(33)20-7-5-8-21(28)23(20)24(31)26(19,27)29-25(32)17-12-18-6-3-4-11-30(18)14-17/h3-15,33H,28H2,1-2H3,(H,29,32). The van der Waals surface area contributed by atoms with Crippen LogP contribution < -0.4 is 15.8 Å². The number of ketones is 1. The van der Waals surface area contributed by atoms with Gasteiger partial charge in [-0.05, 0) is 41.8 Å². The second kappa shape index (κ2) is 6.71. The Bertz CT molecular complexity index is 1490. The Hall–Kier alpha value is -4.10. The van der Waals surface area contributed by atoms with Crippen LogP contribution in [-0.2, 0) is 11.3 Å². The predicted molar refractivity (Wildman–Crippen MR) is 127 cm³/mol. The van der Waals surface area contributed by atoms with E-state index in [0.29, 0.717) is 16.9 Å². The number of nitrogens with zero attached hydrogens (tertiary/aromatic N) is 1. The molecule has 0 radical (unpaired) electrons. The van der Waals surface area contributed by atoms with Crippen LogP contribution in [0.25, 0.3) is 5.52 Å². The summed E-state index contributed by atoms with van der Waals surface area (Å²) in [4.78, 5) is 27.5. The normalized spacial score (nSPS) is 22.4. The Morgan fingerprint density at radius 2 is 1.91 bits per heavy atom. The van der Waals surface area contributed by atoms with Gasteiger partial charge in [-0.2, -0.15) is 0 Å². The number of nitrogens with one attached hydrogen (secondary N) is 1. The van der Waals surface area contributed by atoms with Crippen LogP contribution in [0.1, 0.15) is 57.2 Å². The van der Waals surface area contributed by atoms with Gasteiger partial charge in [0.15, 0.2) is 0 Å². The summed E-state index contributed by atoms with van der Waals surface area (Å²) in [7, 11) is 0. The minimum Gasteiger partial charge on any atom is -0.454 e. The molecular weight excluding hydrogens is 430 g/mol. The number of rotatable bonds is 3. The van der Waals surface area contributed by atoms with Gasteiger partial charge < -0.3 is 25.3 Å². The molecule has 0 spiro atoms. The van der Waals surface area contributed by atoms with Crippen molar-refractivity contribution in [1.82, 2.24) is 9.72 Å². The molecule has 7 heteroatoms. The third kappa shape index (κ3) is 2.44. The van der Waals surface area contributed by atoms with Gasteiger partial charge in [-0.1, -0.05) is 44.2 Å². The molecule has 2 aromatic heterocycles. The number of aliphatic hydroxyl groups is 1. The highest BCUT2D eigenvalue weighted by molar-refractivity contribution is 6.16. The van der Waals surface area contributed by atoms with E-state index in [4.69, 9.17) is 10.5 Å². The zero-order valence-electron chi connectivity index (χ0n) is 18.7. The van der Waals surface area contributed by atoms with E-state index in [1.807, 2.05) is 54.8 Å². The van der Waals surface area contributed by atoms with E-state index in [2.05, 4.69) is 5.32 Å². The molecular formula is C27H23N3O4. The minimum atomic E-state index is -2.14. The Kier molecular flexibility index (Phi) is 4.05. The number of nitrogen functional groups attached to an aromatic ring is 1. The van der Waals surface area contributed by atoms with Gasteiger partial charge in [0.2, 0.25) is 11.3 Å². The second-order valence-electron chi connectivity index (χ2n) is 9.22. The highest BCUT2D eigenvalue weighted by Crippen LogP contribution is 2.59. The monoisotopic (exact) mass is 453 g/mol. The first kappa shape index (κ1) is 20.5. The lowest BCUT2D eigenvalue weighted by atomic mass is 9.82. The molecule has 0 bridgehead atoms. The number of nitrogens with two attached hydrogens (primary N) is 1.